The molecular weight excluding hydrogens is 310 g/mol. The average Bonchev–Trinajstić information content (AvgIpc) is 3.10. The van der Waals surface area contributed by atoms with E-state index in [2.05, 4.69) is 15.5 Å². The molecule has 128 valence electrons. The number of nitro groups is 1. The molecular formula is C16H21N5O3. The maximum atomic E-state index is 11.4. The molecule has 0 bridgehead atoms. The van der Waals surface area contributed by atoms with Gasteiger partial charge in [-0.2, -0.15) is 0 Å². The van der Waals surface area contributed by atoms with Crippen LogP contribution in [0.1, 0.15) is 38.2 Å². The first-order valence-corrected chi connectivity index (χ1v) is 8.05. The van der Waals surface area contributed by atoms with Crippen LogP contribution < -0.4 is 0 Å². The second kappa shape index (κ2) is 8.85. The monoisotopic (exact) mass is 331 g/mol. The quantitative estimate of drug-likeness (QED) is 0.376. The largest absolute Gasteiger partial charge is 0.303 e. The van der Waals surface area contributed by atoms with Crippen LogP contribution in [-0.4, -0.2) is 37.5 Å². The summed E-state index contributed by atoms with van der Waals surface area (Å²) >= 11 is 0. The maximum absolute atomic E-state index is 11.4. The lowest BCUT2D eigenvalue weighted by molar-refractivity contribution is -0.533. The van der Waals surface area contributed by atoms with Crippen molar-refractivity contribution in [2.75, 3.05) is 0 Å². The number of aldehydes is 1. The molecule has 0 aliphatic rings. The van der Waals surface area contributed by atoms with Crippen molar-refractivity contribution in [3.8, 4) is 5.69 Å². The number of aromatic nitrogens is 4. The number of tetrazole rings is 1. The van der Waals surface area contributed by atoms with E-state index in [1.807, 2.05) is 31.2 Å². The van der Waals surface area contributed by atoms with E-state index in [0.29, 0.717) is 19.3 Å². The molecule has 0 N–H and O–H groups in total. The van der Waals surface area contributed by atoms with Crippen LogP contribution in [-0.2, 0) is 11.2 Å². The molecule has 0 fully saturated rings. The van der Waals surface area contributed by atoms with Crippen molar-refractivity contribution < 1.29 is 9.72 Å². The minimum Gasteiger partial charge on any atom is -0.303 e. The van der Waals surface area contributed by atoms with Crippen molar-refractivity contribution in [3.05, 3.63) is 46.3 Å². The molecule has 0 amide bonds. The molecule has 24 heavy (non-hydrogen) atoms. The number of hydrogen-bond donors (Lipinski definition) is 0. The first kappa shape index (κ1) is 17.7. The van der Waals surface area contributed by atoms with E-state index in [0.717, 1.165) is 24.0 Å². The zero-order valence-corrected chi connectivity index (χ0v) is 13.6. The summed E-state index contributed by atoms with van der Waals surface area (Å²) in [5.74, 6) is -0.192. The van der Waals surface area contributed by atoms with Crippen molar-refractivity contribution in [1.29, 1.82) is 0 Å². The van der Waals surface area contributed by atoms with Gasteiger partial charge in [0.15, 0.2) is 0 Å². The Kier molecular flexibility index (Phi) is 6.53. The molecule has 2 rings (SSSR count). The van der Waals surface area contributed by atoms with Gasteiger partial charge in [-0.05, 0) is 41.0 Å². The molecule has 0 aliphatic carbocycles. The lowest BCUT2D eigenvalue weighted by Gasteiger charge is -2.18. The fourth-order valence-electron chi connectivity index (χ4n) is 2.88. The molecule has 0 saturated carbocycles. The normalized spacial score (nSPS) is 13.4. The Morgan fingerprint density at radius 3 is 2.58 bits per heavy atom. The highest BCUT2D eigenvalue weighted by atomic mass is 16.6. The van der Waals surface area contributed by atoms with E-state index in [4.69, 9.17) is 0 Å². The summed E-state index contributed by atoms with van der Waals surface area (Å²) in [4.78, 5) is 21.9. The number of nitrogens with zero attached hydrogens (tertiary/aromatic N) is 5. The zero-order valence-electron chi connectivity index (χ0n) is 13.6. The molecule has 1 aromatic heterocycles. The molecule has 0 aliphatic heterocycles. The van der Waals surface area contributed by atoms with E-state index in [-0.39, 0.29) is 17.3 Å². The Morgan fingerprint density at radius 1 is 1.29 bits per heavy atom. The smallest absolute Gasteiger partial charge is 0.216 e. The summed E-state index contributed by atoms with van der Waals surface area (Å²) in [7, 11) is 0. The van der Waals surface area contributed by atoms with Crippen LogP contribution in [0.2, 0.25) is 0 Å². The van der Waals surface area contributed by atoms with Crippen LogP contribution in [0, 0.1) is 16.0 Å². The Bertz CT molecular complexity index is 642. The first-order valence-electron chi connectivity index (χ1n) is 8.05. The van der Waals surface area contributed by atoms with Gasteiger partial charge in [-0.15, -0.1) is 5.10 Å². The molecule has 2 unspecified atom stereocenters. The van der Waals surface area contributed by atoms with Gasteiger partial charge < -0.3 is 4.79 Å². The molecule has 8 heteroatoms. The molecule has 0 spiro atoms. The third-order valence-corrected chi connectivity index (χ3v) is 4.15. The van der Waals surface area contributed by atoms with Gasteiger partial charge in [0.2, 0.25) is 6.04 Å². The highest BCUT2D eigenvalue weighted by Gasteiger charge is 2.30. The fourth-order valence-corrected chi connectivity index (χ4v) is 2.88. The maximum Gasteiger partial charge on any atom is 0.216 e. The van der Waals surface area contributed by atoms with E-state index < -0.39 is 6.04 Å². The molecule has 2 aromatic rings. The third-order valence-electron chi connectivity index (χ3n) is 4.15. The van der Waals surface area contributed by atoms with Gasteiger partial charge in [-0.25, -0.2) is 4.68 Å². The highest BCUT2D eigenvalue weighted by Crippen LogP contribution is 2.22. The second-order valence-corrected chi connectivity index (χ2v) is 5.76. The average molecular weight is 331 g/mol. The molecule has 8 nitrogen and oxygen atoms in total. The van der Waals surface area contributed by atoms with Crippen molar-refractivity contribution in [3.63, 3.8) is 0 Å². The number of carbonyl (C=O) groups is 1. The lowest BCUT2D eigenvalue weighted by Crippen LogP contribution is -2.30. The topological polar surface area (TPSA) is 104 Å². The molecule has 0 saturated heterocycles. The summed E-state index contributed by atoms with van der Waals surface area (Å²) in [5, 5.41) is 22.4. The molecule has 1 aromatic carbocycles. The van der Waals surface area contributed by atoms with Crippen LogP contribution in [0.4, 0.5) is 0 Å². The van der Waals surface area contributed by atoms with Gasteiger partial charge >= 0.3 is 0 Å². The highest BCUT2D eigenvalue weighted by molar-refractivity contribution is 5.49. The summed E-state index contributed by atoms with van der Waals surface area (Å²) < 4.78 is 1.55. The van der Waals surface area contributed by atoms with Crippen LogP contribution in [0.15, 0.2) is 30.6 Å². The first-order chi connectivity index (χ1) is 11.7. The Balaban J connectivity index is 2.00. The molecule has 2 atom stereocenters. The van der Waals surface area contributed by atoms with Crippen molar-refractivity contribution in [2.45, 2.75) is 45.1 Å². The van der Waals surface area contributed by atoms with Crippen LogP contribution in [0.25, 0.3) is 5.69 Å². The minimum atomic E-state index is -0.686. The number of aryl methyl sites for hydroxylation is 1. The van der Waals surface area contributed by atoms with Crippen molar-refractivity contribution in [1.82, 2.24) is 20.2 Å². The Hall–Kier alpha value is -2.64. The Morgan fingerprint density at radius 2 is 2.04 bits per heavy atom. The van der Waals surface area contributed by atoms with Gasteiger partial charge in [0.05, 0.1) is 5.69 Å². The SMILES string of the molecule is CCCC(CC=O)C(CCc1ccc(-n2cnnn2)cc1)[N+](=O)[O-]. The fraction of sp³-hybridized carbons (Fsp3) is 0.500. The van der Waals surface area contributed by atoms with E-state index in [9.17, 15) is 14.9 Å². The number of carbonyl (C=O) groups excluding carboxylic acids is 1. The number of rotatable bonds is 10. The predicted molar refractivity (Wildman–Crippen MR) is 87.3 cm³/mol. The number of hydrogen-bond acceptors (Lipinski definition) is 6. The van der Waals surface area contributed by atoms with Gasteiger partial charge in [0.1, 0.15) is 12.6 Å². The molecule has 0 radical (unpaired) electrons. The van der Waals surface area contributed by atoms with Gasteiger partial charge in [-0.1, -0.05) is 25.5 Å². The zero-order chi connectivity index (χ0) is 17.4. The lowest BCUT2D eigenvalue weighted by atomic mass is 9.88. The summed E-state index contributed by atoms with van der Waals surface area (Å²) in [5.41, 5.74) is 1.85. The predicted octanol–water partition coefficient (Wildman–Crippen LogP) is 2.25. The van der Waals surface area contributed by atoms with Crippen molar-refractivity contribution >= 4 is 6.29 Å². The summed E-state index contributed by atoms with van der Waals surface area (Å²) in [6.45, 7) is 1.98. The summed E-state index contributed by atoms with van der Waals surface area (Å²) in [6, 6.07) is 6.91. The number of benzene rings is 1. The van der Waals surface area contributed by atoms with Gasteiger partial charge in [-0.3, -0.25) is 10.1 Å². The van der Waals surface area contributed by atoms with E-state index in [1.165, 1.54) is 6.33 Å². The third kappa shape index (κ3) is 4.68. The van der Waals surface area contributed by atoms with Crippen LogP contribution in [0.3, 0.4) is 0 Å². The van der Waals surface area contributed by atoms with Gasteiger partial charge in [0, 0.05) is 23.7 Å². The van der Waals surface area contributed by atoms with E-state index in [1.54, 1.807) is 4.68 Å². The second-order valence-electron chi connectivity index (χ2n) is 5.76. The van der Waals surface area contributed by atoms with E-state index >= 15 is 0 Å². The summed E-state index contributed by atoms with van der Waals surface area (Å²) in [6.07, 6.45) is 5.10. The standard InChI is InChI=1S/C16H21N5O3/c1-2-3-14(10-11-22)16(21(23)24)9-6-13-4-7-15(8-5-13)20-12-17-18-19-20/h4-5,7-8,11-12,14,16H,2-3,6,9-10H2,1H3. The minimum absolute atomic E-state index is 0.192. The Labute approximate surface area is 140 Å². The van der Waals surface area contributed by atoms with Gasteiger partial charge in [0.25, 0.3) is 0 Å². The van der Waals surface area contributed by atoms with Crippen molar-refractivity contribution in [2.24, 2.45) is 5.92 Å². The van der Waals surface area contributed by atoms with Crippen LogP contribution in [0.5, 0.6) is 0 Å². The van der Waals surface area contributed by atoms with Crippen LogP contribution >= 0.6 is 0 Å². The molecule has 1 heterocycles.